The van der Waals surface area contributed by atoms with Gasteiger partial charge in [0.1, 0.15) is 0 Å². The van der Waals surface area contributed by atoms with Gasteiger partial charge in [-0.1, -0.05) is 6.92 Å². The molecule has 0 aliphatic heterocycles. The fourth-order valence-electron chi connectivity index (χ4n) is 1.12. The molecule has 0 spiro atoms. The molecule has 0 unspecified atom stereocenters. The van der Waals surface area contributed by atoms with Crippen LogP contribution in [0.4, 0.5) is 0 Å². The quantitative estimate of drug-likeness (QED) is 0.689. The zero-order valence-electron chi connectivity index (χ0n) is 7.97. The van der Waals surface area contributed by atoms with E-state index in [9.17, 15) is 8.42 Å². The van der Waals surface area contributed by atoms with Gasteiger partial charge in [-0.15, -0.1) is 0 Å². The molecule has 1 heterocycles. The number of H-pyrrole nitrogens is 1. The molecule has 0 aromatic carbocycles. The van der Waals surface area contributed by atoms with Crippen molar-refractivity contribution in [1.82, 2.24) is 14.5 Å². The number of likely N-dealkylation sites (N-methyl/N-ethyl adjacent to an activating group) is 1. The van der Waals surface area contributed by atoms with E-state index in [1.54, 1.807) is 6.92 Å². The summed E-state index contributed by atoms with van der Waals surface area (Å²) >= 11 is 0. The number of aromatic nitrogens is 2. The van der Waals surface area contributed by atoms with Gasteiger partial charge in [0.05, 0.1) is 6.20 Å². The van der Waals surface area contributed by atoms with Gasteiger partial charge in [0.25, 0.3) is 10.0 Å². The topological polar surface area (TPSA) is 92.1 Å². The van der Waals surface area contributed by atoms with Gasteiger partial charge in [0.2, 0.25) is 0 Å². The summed E-state index contributed by atoms with van der Waals surface area (Å²) in [5.41, 5.74) is 5.32. The van der Waals surface area contributed by atoms with Crippen LogP contribution in [0.3, 0.4) is 0 Å². The van der Waals surface area contributed by atoms with Crippen molar-refractivity contribution < 1.29 is 8.42 Å². The SMILES string of the molecule is CCN(CCN)S(=O)(=O)c1ccn[nH]1. The summed E-state index contributed by atoms with van der Waals surface area (Å²) in [4.78, 5) is 0. The molecule has 0 bridgehead atoms. The maximum absolute atomic E-state index is 11.8. The molecule has 0 atom stereocenters. The molecule has 0 radical (unpaired) electrons. The van der Waals surface area contributed by atoms with Crippen LogP contribution in [0.25, 0.3) is 0 Å². The molecule has 1 rings (SSSR count). The Labute approximate surface area is 83.1 Å². The zero-order chi connectivity index (χ0) is 10.6. The molecule has 0 aliphatic carbocycles. The Morgan fingerprint density at radius 2 is 2.36 bits per heavy atom. The van der Waals surface area contributed by atoms with E-state index in [1.807, 2.05) is 0 Å². The van der Waals surface area contributed by atoms with Crippen molar-refractivity contribution in [3.8, 4) is 0 Å². The minimum Gasteiger partial charge on any atom is -0.329 e. The third-order valence-corrected chi connectivity index (χ3v) is 3.73. The molecule has 3 N–H and O–H groups in total. The lowest BCUT2D eigenvalue weighted by molar-refractivity contribution is 0.433. The first kappa shape index (κ1) is 11.2. The predicted octanol–water partition coefficient (Wildman–Crippen LogP) is -0.621. The van der Waals surface area contributed by atoms with E-state index < -0.39 is 10.0 Å². The largest absolute Gasteiger partial charge is 0.329 e. The highest BCUT2D eigenvalue weighted by Gasteiger charge is 2.23. The number of hydrogen-bond donors (Lipinski definition) is 2. The van der Waals surface area contributed by atoms with Gasteiger partial charge in [-0.3, -0.25) is 5.10 Å². The molecule has 0 aliphatic rings. The van der Waals surface area contributed by atoms with E-state index in [1.165, 1.54) is 16.6 Å². The third kappa shape index (κ3) is 2.11. The van der Waals surface area contributed by atoms with Crippen LogP contribution in [-0.4, -0.2) is 42.6 Å². The van der Waals surface area contributed by atoms with Crippen LogP contribution in [-0.2, 0) is 10.0 Å². The summed E-state index contributed by atoms with van der Waals surface area (Å²) in [7, 11) is -3.43. The smallest absolute Gasteiger partial charge is 0.259 e. The van der Waals surface area contributed by atoms with Gasteiger partial charge >= 0.3 is 0 Å². The normalized spacial score (nSPS) is 12.2. The van der Waals surface area contributed by atoms with Gasteiger partial charge < -0.3 is 5.73 Å². The number of sulfonamides is 1. The number of aromatic amines is 1. The lowest BCUT2D eigenvalue weighted by Crippen LogP contribution is -2.35. The highest BCUT2D eigenvalue weighted by atomic mass is 32.2. The third-order valence-electron chi connectivity index (χ3n) is 1.82. The van der Waals surface area contributed by atoms with Crippen molar-refractivity contribution in [2.24, 2.45) is 5.73 Å². The van der Waals surface area contributed by atoms with Crippen LogP contribution in [0.5, 0.6) is 0 Å². The van der Waals surface area contributed by atoms with Crippen LogP contribution >= 0.6 is 0 Å². The van der Waals surface area contributed by atoms with E-state index in [2.05, 4.69) is 10.2 Å². The first-order chi connectivity index (χ1) is 6.62. The maximum Gasteiger partial charge on any atom is 0.259 e. The minimum absolute atomic E-state index is 0.104. The summed E-state index contributed by atoms with van der Waals surface area (Å²) in [6, 6.07) is 1.43. The van der Waals surface area contributed by atoms with Crippen molar-refractivity contribution in [2.75, 3.05) is 19.6 Å². The van der Waals surface area contributed by atoms with Crippen LogP contribution in [0.2, 0.25) is 0 Å². The van der Waals surface area contributed by atoms with E-state index in [0.717, 1.165) is 0 Å². The van der Waals surface area contributed by atoms with Crippen molar-refractivity contribution >= 4 is 10.0 Å². The summed E-state index contributed by atoms with van der Waals surface area (Å²) in [5, 5.41) is 6.14. The van der Waals surface area contributed by atoms with Crippen LogP contribution < -0.4 is 5.73 Å². The first-order valence-electron chi connectivity index (χ1n) is 4.32. The van der Waals surface area contributed by atoms with Gasteiger partial charge in [0, 0.05) is 19.6 Å². The predicted molar refractivity (Wildman–Crippen MR) is 52.1 cm³/mol. The van der Waals surface area contributed by atoms with E-state index in [4.69, 9.17) is 5.73 Å². The Morgan fingerprint density at radius 1 is 1.64 bits per heavy atom. The Hall–Kier alpha value is -0.920. The molecule has 0 saturated heterocycles. The summed E-state index contributed by atoms with van der Waals surface area (Å²) < 4.78 is 24.9. The molecule has 6 nitrogen and oxygen atoms in total. The summed E-state index contributed by atoms with van der Waals surface area (Å²) in [6.45, 7) is 2.79. The molecule has 1 aromatic heterocycles. The molecule has 1 aromatic rings. The molecule has 14 heavy (non-hydrogen) atoms. The lowest BCUT2D eigenvalue weighted by atomic mass is 10.6. The summed E-state index contributed by atoms with van der Waals surface area (Å²) in [5.74, 6) is 0. The highest BCUT2D eigenvalue weighted by molar-refractivity contribution is 7.89. The maximum atomic E-state index is 11.8. The van der Waals surface area contributed by atoms with Gasteiger partial charge in [0.15, 0.2) is 5.03 Å². The Morgan fingerprint density at radius 3 is 2.79 bits per heavy atom. The molecule has 0 saturated carbocycles. The standard InChI is InChI=1S/C7H14N4O2S/c1-2-11(6-4-8)14(12,13)7-3-5-9-10-7/h3,5H,2,4,6,8H2,1H3,(H,9,10). The van der Waals surface area contributed by atoms with Crippen molar-refractivity contribution in [1.29, 1.82) is 0 Å². The monoisotopic (exact) mass is 218 g/mol. The highest BCUT2D eigenvalue weighted by Crippen LogP contribution is 2.10. The van der Waals surface area contributed by atoms with Crippen molar-refractivity contribution in [3.63, 3.8) is 0 Å². The van der Waals surface area contributed by atoms with Crippen LogP contribution in [0.1, 0.15) is 6.92 Å². The average molecular weight is 218 g/mol. The number of nitrogens with one attached hydrogen (secondary N) is 1. The number of hydrogen-bond acceptors (Lipinski definition) is 4. The first-order valence-corrected chi connectivity index (χ1v) is 5.76. The van der Waals surface area contributed by atoms with E-state index in [-0.39, 0.29) is 5.03 Å². The fourth-order valence-corrected chi connectivity index (χ4v) is 2.48. The molecule has 0 amide bonds. The zero-order valence-corrected chi connectivity index (χ0v) is 8.79. The van der Waals surface area contributed by atoms with Crippen LogP contribution in [0.15, 0.2) is 17.3 Å². The summed E-state index contributed by atoms with van der Waals surface area (Å²) in [6.07, 6.45) is 1.41. The Bertz CT molecular complexity index is 359. The van der Waals surface area contributed by atoms with Crippen molar-refractivity contribution in [2.45, 2.75) is 11.9 Å². The lowest BCUT2D eigenvalue weighted by Gasteiger charge is -2.17. The number of nitrogens with zero attached hydrogens (tertiary/aromatic N) is 2. The fraction of sp³-hybridized carbons (Fsp3) is 0.571. The molecular weight excluding hydrogens is 204 g/mol. The minimum atomic E-state index is -3.43. The van der Waals surface area contributed by atoms with Crippen molar-refractivity contribution in [3.05, 3.63) is 12.3 Å². The van der Waals surface area contributed by atoms with E-state index >= 15 is 0 Å². The van der Waals surface area contributed by atoms with Gasteiger partial charge in [-0.2, -0.15) is 9.40 Å². The van der Waals surface area contributed by atoms with Gasteiger partial charge in [-0.25, -0.2) is 8.42 Å². The van der Waals surface area contributed by atoms with Gasteiger partial charge in [-0.05, 0) is 6.07 Å². The molecule has 80 valence electrons. The molecular formula is C7H14N4O2S. The molecule has 7 heteroatoms. The van der Waals surface area contributed by atoms with Crippen LogP contribution in [0, 0.1) is 0 Å². The second kappa shape index (κ2) is 4.54. The Balaban J connectivity index is 2.94. The number of rotatable bonds is 5. The Kier molecular flexibility index (Phi) is 3.62. The number of nitrogens with two attached hydrogens (primary N) is 1. The second-order valence-electron chi connectivity index (χ2n) is 2.71. The molecule has 0 fully saturated rings. The second-order valence-corrected chi connectivity index (χ2v) is 4.61. The average Bonchev–Trinajstić information content (AvgIpc) is 2.66. The van der Waals surface area contributed by atoms with E-state index in [0.29, 0.717) is 19.6 Å².